The number of carbonyl (C=O) groups is 4. The van der Waals surface area contributed by atoms with Gasteiger partial charge < -0.3 is 37.9 Å². The van der Waals surface area contributed by atoms with E-state index in [4.69, 9.17) is 37.9 Å². The number of carbonyl (C=O) groups excluding carboxylic acids is 4. The molecule has 0 fully saturated rings. The number of ether oxygens (including phenoxy) is 8. The predicted molar refractivity (Wildman–Crippen MR) is 243 cm³/mol. The highest BCUT2D eigenvalue weighted by atomic mass is 16.6. The Kier molecular flexibility index (Phi) is 15.4. The van der Waals surface area contributed by atoms with Crippen LogP contribution in [0.2, 0.25) is 0 Å². The van der Waals surface area contributed by atoms with Crippen molar-refractivity contribution in [2.75, 3.05) is 13.2 Å². The molecule has 320 valence electrons. The topological polar surface area (TPSA) is 142 Å². The second kappa shape index (κ2) is 22.1. The molecule has 0 unspecified atom stereocenters. The normalized spacial score (nSPS) is 10.9. The van der Waals surface area contributed by atoms with Crippen molar-refractivity contribution in [3.8, 4) is 56.4 Å². The molecule has 6 rings (SSSR count). The van der Waals surface area contributed by atoms with Crippen LogP contribution >= 0.6 is 0 Å². The van der Waals surface area contributed by atoms with Gasteiger partial charge in [-0.2, -0.15) is 0 Å². The summed E-state index contributed by atoms with van der Waals surface area (Å²) in [6.45, 7) is 13.7. The molecule has 12 heteroatoms. The summed E-state index contributed by atoms with van der Waals surface area (Å²) in [5, 5.41) is 3.63. The third-order valence-electron chi connectivity index (χ3n) is 9.16. The average molecular weight is 857 g/mol. The monoisotopic (exact) mass is 856 g/mol. The molecule has 0 aliphatic carbocycles. The largest absolute Gasteiger partial charge is 0.489 e. The van der Waals surface area contributed by atoms with Gasteiger partial charge in [-0.05, 0) is 92.5 Å². The minimum absolute atomic E-state index is 0.0171. The molecule has 0 aliphatic rings. The minimum Gasteiger partial charge on any atom is -0.489 e. The lowest BCUT2D eigenvalue weighted by molar-refractivity contribution is -0.138. The van der Waals surface area contributed by atoms with E-state index in [9.17, 15) is 19.2 Å². The summed E-state index contributed by atoms with van der Waals surface area (Å²) >= 11 is 0. The van der Waals surface area contributed by atoms with Gasteiger partial charge in [-0.1, -0.05) is 87.0 Å². The molecule has 0 radical (unpaired) electrons. The van der Waals surface area contributed by atoms with Crippen molar-refractivity contribution >= 4 is 45.4 Å². The van der Waals surface area contributed by atoms with E-state index in [1.165, 1.54) is 18.8 Å². The van der Waals surface area contributed by atoms with Gasteiger partial charge in [0.15, 0.2) is 0 Å². The Bertz CT molecular complexity index is 2810. The van der Waals surface area contributed by atoms with Crippen LogP contribution in [0, 0.1) is 0 Å². The van der Waals surface area contributed by atoms with E-state index in [0.717, 1.165) is 98.0 Å². The van der Waals surface area contributed by atoms with Gasteiger partial charge in [-0.25, -0.2) is 19.2 Å². The quantitative estimate of drug-likeness (QED) is 0.0180. The third kappa shape index (κ3) is 11.9. The van der Waals surface area contributed by atoms with Crippen LogP contribution in [0.5, 0.6) is 23.0 Å². The van der Waals surface area contributed by atoms with Gasteiger partial charge in [0, 0.05) is 35.3 Å². The lowest BCUT2D eigenvalue weighted by Crippen LogP contribution is -2.10. The molecule has 12 nitrogen and oxygen atoms in total. The molecule has 0 heterocycles. The van der Waals surface area contributed by atoms with E-state index in [1.54, 1.807) is 24.3 Å². The Morgan fingerprint density at radius 2 is 0.891 bits per heavy atom. The molecule has 0 bridgehead atoms. The number of hydrogen-bond acceptors (Lipinski definition) is 12. The van der Waals surface area contributed by atoms with Crippen molar-refractivity contribution in [2.45, 2.75) is 0 Å². The first-order valence-corrected chi connectivity index (χ1v) is 19.4. The number of hydrogen-bond donors (Lipinski definition) is 0. The van der Waals surface area contributed by atoms with Gasteiger partial charge in [0.1, 0.15) is 73.8 Å². The number of esters is 4. The van der Waals surface area contributed by atoms with Crippen LogP contribution in [-0.2, 0) is 38.1 Å². The van der Waals surface area contributed by atoms with Crippen molar-refractivity contribution in [3.05, 3.63) is 197 Å². The minimum atomic E-state index is -0.639. The molecule has 0 amide bonds. The van der Waals surface area contributed by atoms with Crippen molar-refractivity contribution in [2.24, 2.45) is 0 Å². The third-order valence-corrected chi connectivity index (χ3v) is 9.16. The first-order valence-electron chi connectivity index (χ1n) is 19.4. The van der Waals surface area contributed by atoms with Crippen LogP contribution in [0.15, 0.2) is 197 Å². The SMILES string of the molecule is C=CC(=O)O/C=C\Oc1ccc(-c2ccc3c(c2)c(OCCOC(=O)C=C)cc2cc(-c4ccc(-c5ccc(O/C=C\OC(=O)C=C)cc5)c(O/C=C\OC(=O)C=C)c4)ccc23)cc1. The van der Waals surface area contributed by atoms with E-state index in [0.29, 0.717) is 23.0 Å². The highest BCUT2D eigenvalue weighted by molar-refractivity contribution is 6.12. The summed E-state index contributed by atoms with van der Waals surface area (Å²) < 4.78 is 43.2. The fourth-order valence-electron chi connectivity index (χ4n) is 6.18. The molecule has 64 heavy (non-hydrogen) atoms. The molecule has 0 saturated heterocycles. The number of benzene rings is 6. The molecule has 0 N–H and O–H groups in total. The lowest BCUT2D eigenvalue weighted by atomic mass is 9.93. The van der Waals surface area contributed by atoms with Crippen LogP contribution in [-0.4, -0.2) is 37.1 Å². The highest BCUT2D eigenvalue weighted by Gasteiger charge is 2.14. The summed E-state index contributed by atoms with van der Waals surface area (Å²) in [4.78, 5) is 46.0. The fraction of sp³-hybridized carbons (Fsp3) is 0.0385. The zero-order valence-electron chi connectivity index (χ0n) is 34.3. The van der Waals surface area contributed by atoms with E-state index < -0.39 is 23.9 Å². The molecule has 0 atom stereocenters. The molecular formula is C52H40O12. The van der Waals surface area contributed by atoms with Crippen molar-refractivity contribution in [3.63, 3.8) is 0 Å². The Morgan fingerprint density at radius 3 is 1.47 bits per heavy atom. The Morgan fingerprint density at radius 1 is 0.406 bits per heavy atom. The van der Waals surface area contributed by atoms with E-state index in [2.05, 4.69) is 26.3 Å². The highest BCUT2D eigenvalue weighted by Crippen LogP contribution is 2.40. The molecule has 0 spiro atoms. The molecule has 0 aromatic heterocycles. The molecule has 6 aromatic rings. The summed E-state index contributed by atoms with van der Waals surface area (Å²) in [6, 6.07) is 34.5. The summed E-state index contributed by atoms with van der Waals surface area (Å²) in [5.41, 5.74) is 5.05. The molecule has 0 aliphatic heterocycles. The maximum absolute atomic E-state index is 11.8. The van der Waals surface area contributed by atoms with Gasteiger partial charge >= 0.3 is 23.9 Å². The van der Waals surface area contributed by atoms with E-state index in [-0.39, 0.29) is 13.2 Å². The Hall–Kier alpha value is -8.90. The maximum atomic E-state index is 11.8. The average Bonchev–Trinajstić information content (AvgIpc) is 3.33. The Labute approximate surface area is 368 Å². The second-order valence-electron chi connectivity index (χ2n) is 13.1. The van der Waals surface area contributed by atoms with E-state index in [1.807, 2.05) is 84.9 Å². The summed E-state index contributed by atoms with van der Waals surface area (Å²) in [5.74, 6) is -0.327. The van der Waals surface area contributed by atoms with Crippen molar-refractivity contribution < 1.29 is 57.1 Å². The summed E-state index contributed by atoms with van der Waals surface area (Å²) in [7, 11) is 0. The summed E-state index contributed by atoms with van der Waals surface area (Å²) in [6.07, 6.45) is 11.4. The number of rotatable bonds is 20. The molecule has 6 aromatic carbocycles. The van der Waals surface area contributed by atoms with Crippen LogP contribution in [0.3, 0.4) is 0 Å². The van der Waals surface area contributed by atoms with Crippen LogP contribution in [0.4, 0.5) is 0 Å². The zero-order valence-corrected chi connectivity index (χ0v) is 34.3. The maximum Gasteiger partial charge on any atom is 0.335 e. The smallest absolute Gasteiger partial charge is 0.335 e. The van der Waals surface area contributed by atoms with E-state index >= 15 is 0 Å². The van der Waals surface area contributed by atoms with Gasteiger partial charge in [0.2, 0.25) is 0 Å². The van der Waals surface area contributed by atoms with Crippen LogP contribution in [0.1, 0.15) is 0 Å². The van der Waals surface area contributed by atoms with Crippen LogP contribution < -0.4 is 18.9 Å². The van der Waals surface area contributed by atoms with Gasteiger partial charge in [0.25, 0.3) is 0 Å². The van der Waals surface area contributed by atoms with Crippen LogP contribution in [0.25, 0.3) is 54.9 Å². The van der Waals surface area contributed by atoms with Crippen molar-refractivity contribution in [1.29, 1.82) is 0 Å². The lowest BCUT2D eigenvalue weighted by Gasteiger charge is -2.15. The standard InChI is InChI=1S/C52H40O12/c1-5-49(53)61-27-23-57-41-16-9-35(10-17-41)38-15-22-45-43-20-13-37(31-40(43)34-48(46(45)32-38)60-26-30-64-52(56)8-4)39-14-21-44(47(33-39)59-25-29-63-51(55)7-3)36-11-18-42(19-12-36)58-24-28-62-50(54)6-2/h5-25,27-29,31-34H,1-4,26,30H2/b27-23-,28-24-,29-25-. The zero-order chi connectivity index (χ0) is 45.3. The first kappa shape index (κ1) is 44.6. The fourth-order valence-corrected chi connectivity index (χ4v) is 6.18. The van der Waals surface area contributed by atoms with Gasteiger partial charge in [0.05, 0.1) is 0 Å². The Balaban J connectivity index is 1.33. The van der Waals surface area contributed by atoms with Gasteiger partial charge in [-0.3, -0.25) is 0 Å². The predicted octanol–water partition coefficient (Wildman–Crippen LogP) is 10.8. The molecular weight excluding hydrogens is 817 g/mol. The number of fused-ring (bicyclic) bond motifs is 3. The second-order valence-corrected chi connectivity index (χ2v) is 13.1. The first-order chi connectivity index (χ1) is 31.2. The van der Waals surface area contributed by atoms with Gasteiger partial charge in [-0.15, -0.1) is 0 Å². The molecule has 0 saturated carbocycles. The van der Waals surface area contributed by atoms with Crippen molar-refractivity contribution in [1.82, 2.24) is 0 Å².